The molecule has 0 atom stereocenters. The quantitative estimate of drug-likeness (QED) is 0.585. The van der Waals surface area contributed by atoms with E-state index in [2.05, 4.69) is 26.0 Å². The number of carbonyl (C=O) groups is 1. The molecule has 1 aliphatic rings. The molecule has 2 aromatic heterocycles. The number of quaternary nitrogens is 1. The summed E-state index contributed by atoms with van der Waals surface area (Å²) >= 11 is 9.63. The Labute approximate surface area is 183 Å². The molecule has 6 nitrogen and oxygen atoms in total. The molecule has 4 rings (SSSR count). The number of alkyl halides is 3. The van der Waals surface area contributed by atoms with Crippen LogP contribution in [0.15, 0.2) is 34.8 Å². The van der Waals surface area contributed by atoms with Crippen LogP contribution in [0.2, 0.25) is 5.02 Å². The molecule has 0 saturated carbocycles. The highest BCUT2D eigenvalue weighted by molar-refractivity contribution is 9.10. The van der Waals surface area contributed by atoms with Gasteiger partial charge in [0.05, 0.1) is 38.9 Å². The van der Waals surface area contributed by atoms with Crippen LogP contribution in [0.1, 0.15) is 16.2 Å². The molecule has 3 heterocycles. The fourth-order valence-corrected chi connectivity index (χ4v) is 3.85. The van der Waals surface area contributed by atoms with Gasteiger partial charge in [-0.2, -0.15) is 18.3 Å². The Morgan fingerprint density at radius 3 is 2.43 bits per heavy atom. The number of nitrogens with one attached hydrogen (secondary N) is 1. The number of aromatic nitrogens is 3. The lowest BCUT2D eigenvalue weighted by Gasteiger charge is -2.29. The van der Waals surface area contributed by atoms with Crippen molar-refractivity contribution in [2.75, 3.05) is 33.2 Å². The molecule has 158 valence electrons. The van der Waals surface area contributed by atoms with E-state index in [0.717, 1.165) is 23.6 Å². The van der Waals surface area contributed by atoms with Gasteiger partial charge in [0.15, 0.2) is 17.0 Å². The van der Waals surface area contributed by atoms with Crippen molar-refractivity contribution in [1.29, 1.82) is 0 Å². The summed E-state index contributed by atoms with van der Waals surface area (Å²) in [5, 5.41) is 3.73. The third-order valence-corrected chi connectivity index (χ3v) is 5.95. The molecule has 0 spiro atoms. The summed E-state index contributed by atoms with van der Waals surface area (Å²) in [6.45, 7) is 2.46. The molecule has 1 fully saturated rings. The first-order chi connectivity index (χ1) is 14.1. The smallest absolute Gasteiger partial charge is 0.334 e. The zero-order valence-electron chi connectivity index (χ0n) is 15.8. The average molecular weight is 504 g/mol. The van der Waals surface area contributed by atoms with Crippen molar-refractivity contribution in [3.63, 3.8) is 0 Å². The molecular formula is C19H17BrClF3N5O+. The highest BCUT2D eigenvalue weighted by atomic mass is 79.9. The van der Waals surface area contributed by atoms with Gasteiger partial charge in [0.2, 0.25) is 0 Å². The molecule has 1 saturated heterocycles. The average Bonchev–Trinajstić information content (AvgIpc) is 3.04. The minimum atomic E-state index is -4.71. The fourth-order valence-electron chi connectivity index (χ4n) is 3.34. The highest BCUT2D eigenvalue weighted by Gasteiger charge is 2.37. The topological polar surface area (TPSA) is 54.9 Å². The van der Waals surface area contributed by atoms with Crippen LogP contribution >= 0.6 is 27.5 Å². The van der Waals surface area contributed by atoms with E-state index in [-0.39, 0.29) is 22.1 Å². The summed E-state index contributed by atoms with van der Waals surface area (Å²) in [6, 6.07) is 7.61. The van der Waals surface area contributed by atoms with Gasteiger partial charge in [0.1, 0.15) is 5.02 Å². The summed E-state index contributed by atoms with van der Waals surface area (Å²) in [7, 11) is 2.02. The molecule has 1 amide bonds. The molecule has 11 heteroatoms. The first-order valence-corrected chi connectivity index (χ1v) is 10.3. The van der Waals surface area contributed by atoms with Crippen molar-refractivity contribution in [2.45, 2.75) is 6.18 Å². The van der Waals surface area contributed by atoms with Gasteiger partial charge in [-0.3, -0.25) is 4.79 Å². The Morgan fingerprint density at radius 1 is 1.20 bits per heavy atom. The van der Waals surface area contributed by atoms with Gasteiger partial charge in [0, 0.05) is 10.0 Å². The maximum atomic E-state index is 13.8. The molecule has 0 aliphatic carbocycles. The zero-order valence-corrected chi connectivity index (χ0v) is 18.1. The first kappa shape index (κ1) is 21.1. The number of hydrogen-bond acceptors (Lipinski definition) is 3. The Bertz CT molecular complexity index is 1110. The number of nitrogens with zero attached hydrogens (tertiary/aromatic N) is 4. The van der Waals surface area contributed by atoms with E-state index >= 15 is 0 Å². The fraction of sp³-hybridized carbons (Fsp3) is 0.316. The number of piperazine rings is 1. The van der Waals surface area contributed by atoms with Gasteiger partial charge < -0.3 is 9.80 Å². The normalized spacial score (nSPS) is 15.7. The van der Waals surface area contributed by atoms with Crippen LogP contribution in [-0.4, -0.2) is 58.6 Å². The van der Waals surface area contributed by atoms with E-state index in [0.29, 0.717) is 23.2 Å². The number of carbonyl (C=O) groups excluding carboxylic acids is 1. The maximum Gasteiger partial charge on any atom is 0.433 e. The predicted octanol–water partition coefficient (Wildman–Crippen LogP) is 2.80. The van der Waals surface area contributed by atoms with E-state index in [4.69, 9.17) is 11.6 Å². The van der Waals surface area contributed by atoms with E-state index in [9.17, 15) is 18.0 Å². The molecule has 1 N–H and O–H groups in total. The second kappa shape index (κ2) is 7.82. The monoisotopic (exact) mass is 502 g/mol. The molecule has 0 radical (unpaired) electrons. The Morgan fingerprint density at radius 2 is 1.83 bits per heavy atom. The van der Waals surface area contributed by atoms with Gasteiger partial charge in [-0.1, -0.05) is 39.7 Å². The molecular weight excluding hydrogens is 487 g/mol. The summed E-state index contributed by atoms with van der Waals surface area (Å²) < 4.78 is 42.7. The van der Waals surface area contributed by atoms with Gasteiger partial charge in [0.25, 0.3) is 5.91 Å². The number of rotatable bonds is 2. The first-order valence-electron chi connectivity index (χ1n) is 9.18. The SMILES string of the molecule is C[NH+]1CCN(C(=O)c2nn3c(C(F)(F)F)cc(-c4ccc(Br)cc4)nc3c2Cl)CC1. The molecule has 1 aromatic carbocycles. The summed E-state index contributed by atoms with van der Waals surface area (Å²) in [6.07, 6.45) is -4.71. The van der Waals surface area contributed by atoms with E-state index in [1.54, 1.807) is 29.2 Å². The van der Waals surface area contributed by atoms with Gasteiger partial charge >= 0.3 is 6.18 Å². The molecule has 0 unspecified atom stereocenters. The molecule has 1 aliphatic heterocycles. The maximum absolute atomic E-state index is 13.8. The van der Waals surface area contributed by atoms with Gasteiger partial charge in [-0.15, -0.1) is 0 Å². The van der Waals surface area contributed by atoms with Crippen molar-refractivity contribution in [3.05, 3.63) is 51.2 Å². The zero-order chi connectivity index (χ0) is 21.6. The largest absolute Gasteiger partial charge is 0.433 e. The van der Waals surface area contributed by atoms with Crippen LogP contribution in [0.4, 0.5) is 13.2 Å². The van der Waals surface area contributed by atoms with E-state index in [1.165, 1.54) is 4.90 Å². The van der Waals surface area contributed by atoms with Crippen LogP contribution in [0.3, 0.4) is 0 Å². The summed E-state index contributed by atoms with van der Waals surface area (Å²) in [4.78, 5) is 20.0. The highest BCUT2D eigenvalue weighted by Crippen LogP contribution is 2.35. The van der Waals surface area contributed by atoms with Crippen LogP contribution in [0.25, 0.3) is 16.9 Å². The van der Waals surface area contributed by atoms with Gasteiger partial charge in [-0.05, 0) is 18.2 Å². The standard InChI is InChI=1S/C19H16BrClF3N5O/c1-27-6-8-28(9-7-27)18(30)16-15(21)17-25-13(11-2-4-12(20)5-3-11)10-14(19(22,23)24)29(17)26-16/h2-5,10H,6-9H2,1H3/p+1. The van der Waals surface area contributed by atoms with Crippen molar-refractivity contribution in [2.24, 2.45) is 0 Å². The Balaban J connectivity index is 1.84. The van der Waals surface area contributed by atoms with E-state index < -0.39 is 17.8 Å². The number of hydrogen-bond donors (Lipinski definition) is 1. The Hall–Kier alpha value is -2.17. The van der Waals surface area contributed by atoms with Crippen molar-refractivity contribution in [3.8, 4) is 11.3 Å². The summed E-state index contributed by atoms with van der Waals surface area (Å²) in [5.74, 6) is -0.490. The van der Waals surface area contributed by atoms with Crippen LogP contribution in [0, 0.1) is 0 Å². The number of halogens is 5. The second-order valence-electron chi connectivity index (χ2n) is 7.18. The third-order valence-electron chi connectivity index (χ3n) is 5.07. The Kier molecular flexibility index (Phi) is 5.50. The van der Waals surface area contributed by atoms with Gasteiger partial charge in [-0.25, -0.2) is 9.50 Å². The number of amides is 1. The van der Waals surface area contributed by atoms with Crippen LogP contribution < -0.4 is 4.90 Å². The molecule has 0 bridgehead atoms. The number of fused-ring (bicyclic) bond motifs is 1. The second-order valence-corrected chi connectivity index (χ2v) is 8.47. The van der Waals surface area contributed by atoms with Crippen molar-refractivity contribution < 1.29 is 22.9 Å². The number of benzene rings is 1. The lowest BCUT2D eigenvalue weighted by molar-refractivity contribution is -0.883. The van der Waals surface area contributed by atoms with Crippen LogP contribution in [-0.2, 0) is 6.18 Å². The van der Waals surface area contributed by atoms with Crippen molar-refractivity contribution >= 4 is 39.1 Å². The number of likely N-dealkylation sites (N-methyl/N-ethyl adjacent to an activating group) is 1. The lowest BCUT2D eigenvalue weighted by Crippen LogP contribution is -3.12. The third kappa shape index (κ3) is 3.91. The predicted molar refractivity (Wildman–Crippen MR) is 109 cm³/mol. The lowest BCUT2D eigenvalue weighted by atomic mass is 10.1. The minimum absolute atomic E-state index is 0.0892. The molecule has 30 heavy (non-hydrogen) atoms. The van der Waals surface area contributed by atoms with Crippen LogP contribution in [0.5, 0.6) is 0 Å². The summed E-state index contributed by atoms with van der Waals surface area (Å²) in [5.41, 5.74) is -0.895. The molecule has 3 aromatic rings. The minimum Gasteiger partial charge on any atom is -0.334 e. The van der Waals surface area contributed by atoms with E-state index in [1.807, 2.05) is 7.05 Å². The van der Waals surface area contributed by atoms with Crippen molar-refractivity contribution in [1.82, 2.24) is 19.5 Å².